The van der Waals surface area contributed by atoms with E-state index in [0.717, 1.165) is 17.5 Å². The van der Waals surface area contributed by atoms with Gasteiger partial charge in [-0.25, -0.2) is 26.7 Å². The van der Waals surface area contributed by atoms with Crippen molar-refractivity contribution in [2.75, 3.05) is 12.3 Å². The Balaban J connectivity index is 1.76. The summed E-state index contributed by atoms with van der Waals surface area (Å²) in [5, 5.41) is 5.03. The number of sulfonamides is 2. The lowest BCUT2D eigenvalue weighted by atomic mass is 10.1. The normalized spacial score (nSPS) is 12.2. The van der Waals surface area contributed by atoms with Gasteiger partial charge in [-0.2, -0.15) is 0 Å². The summed E-state index contributed by atoms with van der Waals surface area (Å²) in [6.07, 6.45) is 1.75. The topological polar surface area (TPSA) is 106 Å². The van der Waals surface area contributed by atoms with Gasteiger partial charge in [-0.3, -0.25) is 0 Å². The second kappa shape index (κ2) is 8.57. The van der Waals surface area contributed by atoms with Crippen molar-refractivity contribution in [3.8, 4) is 0 Å². The van der Waals surface area contributed by atoms with Crippen LogP contribution in [0.2, 0.25) is 0 Å². The molecule has 25 heavy (non-hydrogen) atoms. The monoisotopic (exact) mass is 382 g/mol. The average molecular weight is 383 g/mol. The predicted octanol–water partition coefficient (Wildman–Crippen LogP) is 1.43. The van der Waals surface area contributed by atoms with Crippen LogP contribution in [0.3, 0.4) is 0 Å². The van der Waals surface area contributed by atoms with Crippen molar-refractivity contribution in [2.24, 2.45) is 5.14 Å². The number of primary sulfonamides is 1. The highest BCUT2D eigenvalue weighted by Crippen LogP contribution is 2.09. The van der Waals surface area contributed by atoms with Gasteiger partial charge in [-0.05, 0) is 42.5 Å². The molecule has 0 aromatic heterocycles. The SMILES string of the molecule is NS(=O)(=O)c1ccc(CCNS(=O)(=O)CCCc2ccccc2)cc1. The first-order chi connectivity index (χ1) is 11.8. The van der Waals surface area contributed by atoms with Gasteiger partial charge in [-0.15, -0.1) is 0 Å². The maximum absolute atomic E-state index is 12.0. The predicted molar refractivity (Wildman–Crippen MR) is 98.1 cm³/mol. The van der Waals surface area contributed by atoms with Gasteiger partial charge in [-0.1, -0.05) is 42.5 Å². The molecule has 2 aromatic rings. The van der Waals surface area contributed by atoms with Crippen molar-refractivity contribution in [3.05, 3.63) is 65.7 Å². The van der Waals surface area contributed by atoms with Gasteiger partial charge in [0.2, 0.25) is 20.0 Å². The van der Waals surface area contributed by atoms with Crippen molar-refractivity contribution in [2.45, 2.75) is 24.2 Å². The van der Waals surface area contributed by atoms with Crippen molar-refractivity contribution < 1.29 is 16.8 Å². The number of nitrogens with one attached hydrogen (secondary N) is 1. The molecule has 0 aliphatic rings. The summed E-state index contributed by atoms with van der Waals surface area (Å²) < 4.78 is 48.9. The molecule has 136 valence electrons. The fourth-order valence-corrected chi connectivity index (χ4v) is 3.98. The summed E-state index contributed by atoms with van der Waals surface area (Å²) in [7, 11) is -7.03. The molecule has 3 N–H and O–H groups in total. The number of hydrogen-bond donors (Lipinski definition) is 2. The van der Waals surface area contributed by atoms with Crippen LogP contribution in [0.25, 0.3) is 0 Å². The third kappa shape index (κ3) is 6.95. The average Bonchev–Trinajstić information content (AvgIpc) is 2.55. The quantitative estimate of drug-likeness (QED) is 0.684. The lowest BCUT2D eigenvalue weighted by molar-refractivity contribution is 0.578. The van der Waals surface area contributed by atoms with E-state index in [2.05, 4.69) is 4.72 Å². The van der Waals surface area contributed by atoms with Crippen LogP contribution in [0, 0.1) is 0 Å². The van der Waals surface area contributed by atoms with Crippen LogP contribution in [0.5, 0.6) is 0 Å². The van der Waals surface area contributed by atoms with Crippen molar-refractivity contribution >= 4 is 20.0 Å². The Kier molecular flexibility index (Phi) is 6.71. The maximum atomic E-state index is 12.0. The van der Waals surface area contributed by atoms with Crippen molar-refractivity contribution in [1.82, 2.24) is 4.72 Å². The lowest BCUT2D eigenvalue weighted by Gasteiger charge is -2.07. The fourth-order valence-electron chi connectivity index (χ4n) is 2.38. The largest absolute Gasteiger partial charge is 0.238 e. The highest BCUT2D eigenvalue weighted by molar-refractivity contribution is 7.89. The zero-order valence-electron chi connectivity index (χ0n) is 13.8. The summed E-state index contributed by atoms with van der Waals surface area (Å²) in [6.45, 7) is 0.266. The summed E-state index contributed by atoms with van der Waals surface area (Å²) in [6, 6.07) is 15.8. The Labute approximate surface area is 149 Å². The van der Waals surface area contributed by atoms with Gasteiger partial charge in [0.15, 0.2) is 0 Å². The molecule has 2 aromatic carbocycles. The first-order valence-corrected chi connectivity index (χ1v) is 11.1. The Morgan fingerprint density at radius 1 is 0.800 bits per heavy atom. The van der Waals surface area contributed by atoms with Crippen LogP contribution in [-0.2, 0) is 32.9 Å². The Morgan fingerprint density at radius 3 is 2.00 bits per heavy atom. The van der Waals surface area contributed by atoms with Gasteiger partial charge in [0.1, 0.15) is 0 Å². The van der Waals surface area contributed by atoms with E-state index in [1.807, 2.05) is 30.3 Å². The molecular formula is C17H22N2O4S2. The summed E-state index contributed by atoms with van der Waals surface area (Å²) in [5.74, 6) is 0.0756. The molecule has 0 fully saturated rings. The van der Waals surface area contributed by atoms with Crippen LogP contribution in [-0.4, -0.2) is 29.1 Å². The molecule has 0 heterocycles. The van der Waals surface area contributed by atoms with Crippen LogP contribution in [0.15, 0.2) is 59.5 Å². The zero-order chi connectivity index (χ0) is 18.3. The summed E-state index contributed by atoms with van der Waals surface area (Å²) in [4.78, 5) is 0.0396. The van der Waals surface area contributed by atoms with Gasteiger partial charge < -0.3 is 0 Å². The Bertz CT molecular complexity index is 878. The van der Waals surface area contributed by atoms with E-state index < -0.39 is 20.0 Å². The molecule has 8 heteroatoms. The van der Waals surface area contributed by atoms with E-state index >= 15 is 0 Å². The summed E-state index contributed by atoms with van der Waals surface area (Å²) >= 11 is 0. The molecule has 0 amide bonds. The number of benzene rings is 2. The summed E-state index contributed by atoms with van der Waals surface area (Å²) in [5.41, 5.74) is 1.95. The Hall–Kier alpha value is -1.74. The second-order valence-corrected chi connectivity index (χ2v) is 9.23. The molecule has 0 bridgehead atoms. The van der Waals surface area contributed by atoms with Gasteiger partial charge >= 0.3 is 0 Å². The molecule has 0 spiro atoms. The molecule has 0 aliphatic carbocycles. The smallest absolute Gasteiger partial charge is 0.225 e. The van der Waals surface area contributed by atoms with Crippen LogP contribution < -0.4 is 9.86 Å². The second-order valence-electron chi connectivity index (χ2n) is 5.74. The molecule has 0 saturated heterocycles. The number of rotatable bonds is 9. The van der Waals surface area contributed by atoms with Crippen LogP contribution in [0.4, 0.5) is 0 Å². The van der Waals surface area contributed by atoms with E-state index in [1.54, 1.807) is 12.1 Å². The maximum Gasteiger partial charge on any atom is 0.238 e. The number of hydrogen-bond acceptors (Lipinski definition) is 4. The lowest BCUT2D eigenvalue weighted by Crippen LogP contribution is -2.28. The number of aryl methyl sites for hydroxylation is 1. The zero-order valence-corrected chi connectivity index (χ0v) is 15.4. The highest BCUT2D eigenvalue weighted by atomic mass is 32.2. The van der Waals surface area contributed by atoms with Crippen molar-refractivity contribution in [1.29, 1.82) is 0 Å². The van der Waals surface area contributed by atoms with Gasteiger partial charge in [0.25, 0.3) is 0 Å². The molecule has 0 saturated carbocycles. The van der Waals surface area contributed by atoms with E-state index in [1.165, 1.54) is 12.1 Å². The molecular weight excluding hydrogens is 360 g/mol. The molecule has 6 nitrogen and oxygen atoms in total. The first-order valence-electron chi connectivity index (χ1n) is 7.89. The molecule has 2 rings (SSSR count). The van der Waals surface area contributed by atoms with Gasteiger partial charge in [0, 0.05) is 6.54 Å². The van der Waals surface area contributed by atoms with E-state index in [4.69, 9.17) is 5.14 Å². The molecule has 0 unspecified atom stereocenters. The molecule has 0 radical (unpaired) electrons. The minimum absolute atomic E-state index is 0.0396. The van der Waals surface area contributed by atoms with E-state index in [0.29, 0.717) is 12.8 Å². The third-order valence-corrected chi connectivity index (χ3v) is 6.11. The standard InChI is InChI=1S/C17H22N2O4S2/c18-25(22,23)17-10-8-16(9-11-17)12-13-19-24(20,21)14-4-7-15-5-2-1-3-6-15/h1-3,5-6,8-11,19H,4,7,12-14H2,(H2,18,22,23). The van der Waals surface area contributed by atoms with Crippen LogP contribution >= 0.6 is 0 Å². The minimum atomic E-state index is -3.71. The Morgan fingerprint density at radius 2 is 1.40 bits per heavy atom. The minimum Gasteiger partial charge on any atom is -0.225 e. The number of nitrogens with two attached hydrogens (primary N) is 1. The highest BCUT2D eigenvalue weighted by Gasteiger charge is 2.10. The van der Waals surface area contributed by atoms with E-state index in [9.17, 15) is 16.8 Å². The van der Waals surface area contributed by atoms with Crippen molar-refractivity contribution in [3.63, 3.8) is 0 Å². The third-order valence-electron chi connectivity index (χ3n) is 3.71. The molecule has 0 aliphatic heterocycles. The molecule has 0 atom stereocenters. The van der Waals surface area contributed by atoms with Gasteiger partial charge in [0.05, 0.1) is 10.6 Å². The van der Waals surface area contributed by atoms with E-state index in [-0.39, 0.29) is 17.2 Å². The van der Waals surface area contributed by atoms with Crippen LogP contribution in [0.1, 0.15) is 17.5 Å². The first kappa shape index (κ1) is 19.6. The fraction of sp³-hybridized carbons (Fsp3) is 0.294.